The maximum Gasteiger partial charge on any atom is 0.124 e. The molecule has 0 spiro atoms. The van der Waals surface area contributed by atoms with E-state index in [1.165, 1.54) is 12.1 Å². The van der Waals surface area contributed by atoms with Crippen molar-refractivity contribution in [3.63, 3.8) is 0 Å². The van der Waals surface area contributed by atoms with Crippen LogP contribution < -0.4 is 10.1 Å². The van der Waals surface area contributed by atoms with Crippen molar-refractivity contribution in [2.45, 2.75) is 33.0 Å². The van der Waals surface area contributed by atoms with Crippen molar-refractivity contribution < 1.29 is 9.13 Å². The van der Waals surface area contributed by atoms with Crippen molar-refractivity contribution in [3.8, 4) is 5.75 Å². The van der Waals surface area contributed by atoms with E-state index in [0.717, 1.165) is 16.9 Å². The second-order valence-corrected chi connectivity index (χ2v) is 5.59. The van der Waals surface area contributed by atoms with Gasteiger partial charge in [0.25, 0.3) is 0 Å². The van der Waals surface area contributed by atoms with Crippen LogP contribution in [0.3, 0.4) is 0 Å². The molecule has 0 aliphatic carbocycles. The van der Waals surface area contributed by atoms with Gasteiger partial charge in [-0.3, -0.25) is 0 Å². The molecule has 0 amide bonds. The minimum Gasteiger partial charge on any atom is -0.491 e. The minimum absolute atomic E-state index is 0.113. The molecule has 21 heavy (non-hydrogen) atoms. The summed E-state index contributed by atoms with van der Waals surface area (Å²) in [5, 5.41) is 4.00. The van der Waals surface area contributed by atoms with Crippen molar-refractivity contribution in [1.82, 2.24) is 5.32 Å². The van der Waals surface area contributed by atoms with Crippen LogP contribution in [0.2, 0.25) is 5.02 Å². The predicted octanol–water partition coefficient (Wildman–Crippen LogP) is 4.56. The molecule has 0 aromatic heterocycles. The summed E-state index contributed by atoms with van der Waals surface area (Å²) in [6.45, 7) is 5.28. The van der Waals surface area contributed by atoms with E-state index >= 15 is 0 Å². The molecule has 2 rings (SSSR count). The zero-order chi connectivity index (χ0) is 15.2. The molecular weight excluding hydrogens is 289 g/mol. The third-order valence-corrected chi connectivity index (χ3v) is 3.18. The van der Waals surface area contributed by atoms with E-state index in [1.807, 2.05) is 32.0 Å². The Balaban J connectivity index is 1.98. The largest absolute Gasteiger partial charge is 0.491 e. The molecule has 0 unspecified atom stereocenters. The Bertz CT molecular complexity index is 584. The second-order valence-electron chi connectivity index (χ2n) is 5.15. The lowest BCUT2D eigenvalue weighted by Crippen LogP contribution is -2.15. The summed E-state index contributed by atoms with van der Waals surface area (Å²) in [5.41, 5.74) is 2.04. The van der Waals surface area contributed by atoms with Crippen LogP contribution in [0.5, 0.6) is 5.75 Å². The molecule has 0 aliphatic rings. The summed E-state index contributed by atoms with van der Waals surface area (Å²) < 4.78 is 18.6. The molecule has 0 radical (unpaired) electrons. The first-order chi connectivity index (χ1) is 10.0. The van der Waals surface area contributed by atoms with E-state index < -0.39 is 0 Å². The van der Waals surface area contributed by atoms with E-state index in [4.69, 9.17) is 16.3 Å². The lowest BCUT2D eigenvalue weighted by molar-refractivity contribution is 0.239. The van der Waals surface area contributed by atoms with Gasteiger partial charge in [-0.2, -0.15) is 0 Å². The van der Waals surface area contributed by atoms with Crippen molar-refractivity contribution in [2.24, 2.45) is 0 Å². The molecule has 0 fully saturated rings. The summed E-state index contributed by atoms with van der Waals surface area (Å²) >= 11 is 6.04. The van der Waals surface area contributed by atoms with Gasteiger partial charge < -0.3 is 10.1 Å². The van der Waals surface area contributed by atoms with Gasteiger partial charge in [0, 0.05) is 23.7 Å². The van der Waals surface area contributed by atoms with Gasteiger partial charge in [0.15, 0.2) is 0 Å². The molecule has 0 atom stereocenters. The van der Waals surface area contributed by atoms with Crippen LogP contribution in [-0.4, -0.2) is 6.10 Å². The zero-order valence-corrected chi connectivity index (χ0v) is 13.0. The molecule has 0 saturated carbocycles. The fraction of sp³-hybridized carbons (Fsp3) is 0.294. The average Bonchev–Trinajstić information content (AvgIpc) is 2.43. The lowest BCUT2D eigenvalue weighted by atomic mass is 10.1. The molecule has 2 nitrogen and oxygen atoms in total. The number of hydrogen-bond acceptors (Lipinski definition) is 2. The average molecular weight is 308 g/mol. The topological polar surface area (TPSA) is 21.3 Å². The van der Waals surface area contributed by atoms with Crippen LogP contribution in [0.15, 0.2) is 42.5 Å². The fourth-order valence-electron chi connectivity index (χ4n) is 2.00. The number of hydrogen-bond donors (Lipinski definition) is 1. The van der Waals surface area contributed by atoms with Gasteiger partial charge in [0.2, 0.25) is 0 Å². The van der Waals surface area contributed by atoms with E-state index in [9.17, 15) is 4.39 Å². The number of ether oxygens (including phenoxy) is 1. The first kappa shape index (κ1) is 15.8. The summed E-state index contributed by atoms with van der Waals surface area (Å²) in [6.07, 6.45) is 0.113. The van der Waals surface area contributed by atoms with Gasteiger partial charge in [-0.05, 0) is 49.7 Å². The van der Waals surface area contributed by atoms with Crippen LogP contribution in [0.1, 0.15) is 25.0 Å². The smallest absolute Gasteiger partial charge is 0.124 e. The SMILES string of the molecule is CC(C)Oc1ccc(Cl)cc1CNCc1ccc(F)cc1. The molecule has 1 N–H and O–H groups in total. The molecule has 0 heterocycles. The molecule has 2 aromatic rings. The van der Waals surface area contributed by atoms with E-state index in [0.29, 0.717) is 18.1 Å². The molecular formula is C17H19ClFNO. The standard InChI is InChI=1S/C17H19ClFNO/c1-12(2)21-17-8-5-15(18)9-14(17)11-20-10-13-3-6-16(19)7-4-13/h3-9,12,20H,10-11H2,1-2H3. The number of nitrogens with one attached hydrogen (secondary N) is 1. The molecule has 2 aromatic carbocycles. The van der Waals surface area contributed by atoms with Crippen molar-refractivity contribution in [2.75, 3.05) is 0 Å². The summed E-state index contributed by atoms with van der Waals surface area (Å²) in [5.74, 6) is 0.613. The summed E-state index contributed by atoms with van der Waals surface area (Å²) in [7, 11) is 0. The molecule has 0 bridgehead atoms. The number of benzene rings is 2. The van der Waals surface area contributed by atoms with Crippen molar-refractivity contribution >= 4 is 11.6 Å². The van der Waals surface area contributed by atoms with Crippen LogP contribution >= 0.6 is 11.6 Å². The summed E-state index contributed by atoms with van der Waals surface area (Å²) in [4.78, 5) is 0. The molecule has 112 valence electrons. The zero-order valence-electron chi connectivity index (χ0n) is 12.2. The van der Waals surface area contributed by atoms with Crippen LogP contribution in [0.4, 0.5) is 4.39 Å². The van der Waals surface area contributed by atoms with E-state index in [1.54, 1.807) is 12.1 Å². The van der Waals surface area contributed by atoms with Crippen LogP contribution in [0.25, 0.3) is 0 Å². The Morgan fingerprint density at radius 1 is 1.10 bits per heavy atom. The normalized spacial score (nSPS) is 10.9. The number of rotatable bonds is 6. The van der Waals surface area contributed by atoms with Crippen molar-refractivity contribution in [1.29, 1.82) is 0 Å². The number of halogens is 2. The van der Waals surface area contributed by atoms with Crippen LogP contribution in [0, 0.1) is 5.82 Å². The Labute approximate surface area is 129 Å². The Hall–Kier alpha value is -1.58. The summed E-state index contributed by atoms with van der Waals surface area (Å²) in [6, 6.07) is 12.1. The van der Waals surface area contributed by atoms with Gasteiger partial charge in [0.1, 0.15) is 11.6 Å². The van der Waals surface area contributed by atoms with E-state index in [-0.39, 0.29) is 11.9 Å². The molecule has 4 heteroatoms. The third kappa shape index (κ3) is 5.03. The minimum atomic E-state index is -0.221. The first-order valence-corrected chi connectivity index (χ1v) is 7.32. The highest BCUT2D eigenvalue weighted by Crippen LogP contribution is 2.24. The monoisotopic (exact) mass is 307 g/mol. The maximum absolute atomic E-state index is 12.8. The predicted molar refractivity (Wildman–Crippen MR) is 84.2 cm³/mol. The maximum atomic E-state index is 12.8. The lowest BCUT2D eigenvalue weighted by Gasteiger charge is -2.15. The Kier molecular flexibility index (Phi) is 5.59. The van der Waals surface area contributed by atoms with Gasteiger partial charge in [-0.1, -0.05) is 23.7 Å². The van der Waals surface area contributed by atoms with Crippen LogP contribution in [-0.2, 0) is 13.1 Å². The Morgan fingerprint density at radius 3 is 2.48 bits per heavy atom. The van der Waals surface area contributed by atoms with Crippen molar-refractivity contribution in [3.05, 3.63) is 64.4 Å². The fourth-order valence-corrected chi connectivity index (χ4v) is 2.19. The first-order valence-electron chi connectivity index (χ1n) is 6.95. The van der Waals surface area contributed by atoms with Gasteiger partial charge in [-0.15, -0.1) is 0 Å². The van der Waals surface area contributed by atoms with Gasteiger partial charge in [0.05, 0.1) is 6.10 Å². The molecule has 0 aliphatic heterocycles. The van der Waals surface area contributed by atoms with E-state index in [2.05, 4.69) is 5.32 Å². The Morgan fingerprint density at radius 2 is 1.81 bits per heavy atom. The highest BCUT2D eigenvalue weighted by atomic mass is 35.5. The molecule has 0 saturated heterocycles. The quantitative estimate of drug-likeness (QED) is 0.845. The van der Waals surface area contributed by atoms with Gasteiger partial charge >= 0.3 is 0 Å². The highest BCUT2D eigenvalue weighted by Gasteiger charge is 2.06. The van der Waals surface area contributed by atoms with Gasteiger partial charge in [-0.25, -0.2) is 4.39 Å². The third-order valence-electron chi connectivity index (χ3n) is 2.94. The highest BCUT2D eigenvalue weighted by molar-refractivity contribution is 6.30. The second kappa shape index (κ2) is 7.43.